The van der Waals surface area contributed by atoms with Crippen LogP contribution in [0.1, 0.15) is 40.4 Å². The number of thiazole rings is 1. The number of aromatic nitrogens is 1. The number of amides is 1. The van der Waals surface area contributed by atoms with Crippen molar-refractivity contribution in [3.8, 4) is 0 Å². The lowest BCUT2D eigenvalue weighted by Gasteiger charge is -2.27. The zero-order valence-electron chi connectivity index (χ0n) is 12.3. The molecule has 2 aromatic rings. The Balaban J connectivity index is 1.90. The molecule has 116 valence electrons. The number of carbonyl (C=O) groups excluding carboxylic acids is 1. The molecule has 1 saturated heterocycles. The molecule has 0 bridgehead atoms. The van der Waals surface area contributed by atoms with Crippen molar-refractivity contribution in [3.63, 3.8) is 0 Å². The first kappa shape index (κ1) is 15.1. The third-order valence-corrected chi connectivity index (χ3v) is 4.97. The number of nitrogens with zero attached hydrogens (tertiary/aromatic N) is 2. The van der Waals surface area contributed by atoms with E-state index < -0.39 is 0 Å². The monoisotopic (exact) mass is 319 g/mol. The van der Waals surface area contributed by atoms with E-state index in [1.807, 2.05) is 6.07 Å². The van der Waals surface area contributed by atoms with Gasteiger partial charge in [0.05, 0.1) is 6.04 Å². The predicted octanol–water partition coefficient (Wildman–Crippen LogP) is 2.96. The minimum Gasteiger partial charge on any atom is -0.330 e. The van der Waals surface area contributed by atoms with Crippen LogP contribution < -0.4 is 5.73 Å². The zero-order chi connectivity index (χ0) is 15.7. The summed E-state index contributed by atoms with van der Waals surface area (Å²) in [5, 5.41) is 2.49. The van der Waals surface area contributed by atoms with Crippen molar-refractivity contribution >= 4 is 17.2 Å². The Bertz CT molecular complexity index is 688. The molecule has 1 aliphatic rings. The third kappa shape index (κ3) is 2.76. The van der Waals surface area contributed by atoms with E-state index in [0.29, 0.717) is 24.7 Å². The maximum absolute atomic E-state index is 13.5. The summed E-state index contributed by atoms with van der Waals surface area (Å²) in [7, 11) is 0. The molecule has 0 spiro atoms. The lowest BCUT2D eigenvalue weighted by Crippen LogP contribution is -2.32. The molecular formula is C16H18FN3OS. The van der Waals surface area contributed by atoms with Gasteiger partial charge in [-0.2, -0.15) is 0 Å². The van der Waals surface area contributed by atoms with Gasteiger partial charge in [-0.05, 0) is 30.0 Å². The number of rotatable bonds is 3. The Hall–Kier alpha value is -1.79. The summed E-state index contributed by atoms with van der Waals surface area (Å²) >= 11 is 1.39. The minimum absolute atomic E-state index is 0.102. The SMILES string of the molecule is C[C@H]1CCN(C(=O)c2csc(CN)n2)[C@H]1c1cccc(F)c1. The van der Waals surface area contributed by atoms with Gasteiger partial charge in [0.25, 0.3) is 5.91 Å². The van der Waals surface area contributed by atoms with Crippen LogP contribution in [0.3, 0.4) is 0 Å². The highest BCUT2D eigenvalue weighted by molar-refractivity contribution is 7.09. The quantitative estimate of drug-likeness (QED) is 0.946. The van der Waals surface area contributed by atoms with Crippen molar-refractivity contribution in [1.82, 2.24) is 9.88 Å². The number of halogens is 1. The van der Waals surface area contributed by atoms with Crippen LogP contribution in [0, 0.1) is 11.7 Å². The summed E-state index contributed by atoms with van der Waals surface area (Å²) < 4.78 is 13.5. The molecule has 1 fully saturated rings. The highest BCUT2D eigenvalue weighted by Crippen LogP contribution is 2.38. The fourth-order valence-electron chi connectivity index (χ4n) is 3.02. The van der Waals surface area contributed by atoms with Crippen molar-refractivity contribution in [2.24, 2.45) is 11.7 Å². The van der Waals surface area contributed by atoms with Gasteiger partial charge in [0.2, 0.25) is 0 Å². The summed E-state index contributed by atoms with van der Waals surface area (Å²) in [6, 6.07) is 6.39. The van der Waals surface area contributed by atoms with Gasteiger partial charge < -0.3 is 10.6 Å². The van der Waals surface area contributed by atoms with Crippen molar-refractivity contribution in [1.29, 1.82) is 0 Å². The average molecular weight is 319 g/mol. The molecule has 0 unspecified atom stereocenters. The Morgan fingerprint density at radius 3 is 3.05 bits per heavy atom. The smallest absolute Gasteiger partial charge is 0.273 e. The minimum atomic E-state index is -0.275. The second kappa shape index (κ2) is 6.14. The lowest BCUT2D eigenvalue weighted by molar-refractivity contribution is 0.0715. The molecule has 0 radical (unpaired) electrons. The van der Waals surface area contributed by atoms with Crippen LogP contribution in [0.5, 0.6) is 0 Å². The van der Waals surface area contributed by atoms with Crippen molar-refractivity contribution < 1.29 is 9.18 Å². The van der Waals surface area contributed by atoms with E-state index in [9.17, 15) is 9.18 Å². The van der Waals surface area contributed by atoms with E-state index in [2.05, 4.69) is 11.9 Å². The normalized spacial score (nSPS) is 21.3. The van der Waals surface area contributed by atoms with Crippen molar-refractivity contribution in [2.75, 3.05) is 6.54 Å². The Morgan fingerprint density at radius 1 is 1.55 bits per heavy atom. The summed E-state index contributed by atoms with van der Waals surface area (Å²) in [5.74, 6) is -0.0870. The molecule has 2 atom stereocenters. The standard InChI is InChI=1S/C16H18FN3OS/c1-10-5-6-20(15(10)11-3-2-4-12(17)7-11)16(21)13-9-22-14(8-18)19-13/h2-4,7,9-10,15H,5-6,8,18H2,1H3/t10-,15+/m0/s1. The first-order chi connectivity index (χ1) is 10.6. The molecule has 6 heteroatoms. The van der Waals surface area contributed by atoms with Gasteiger partial charge in [-0.15, -0.1) is 11.3 Å². The largest absolute Gasteiger partial charge is 0.330 e. The first-order valence-corrected chi connectivity index (χ1v) is 8.19. The van der Waals surface area contributed by atoms with Crippen LogP contribution in [-0.4, -0.2) is 22.3 Å². The number of carbonyl (C=O) groups is 1. The highest BCUT2D eigenvalue weighted by atomic mass is 32.1. The Morgan fingerprint density at radius 2 is 2.36 bits per heavy atom. The van der Waals surface area contributed by atoms with Crippen LogP contribution in [0.15, 0.2) is 29.6 Å². The number of hydrogen-bond donors (Lipinski definition) is 1. The van der Waals surface area contributed by atoms with Gasteiger partial charge in [0, 0.05) is 18.5 Å². The molecule has 1 aromatic carbocycles. The zero-order valence-corrected chi connectivity index (χ0v) is 13.1. The number of likely N-dealkylation sites (tertiary alicyclic amines) is 1. The molecule has 22 heavy (non-hydrogen) atoms. The fraction of sp³-hybridized carbons (Fsp3) is 0.375. The van der Waals surface area contributed by atoms with Gasteiger partial charge in [-0.3, -0.25) is 4.79 Å². The number of nitrogens with two attached hydrogens (primary N) is 1. The van der Waals surface area contributed by atoms with Gasteiger partial charge in [-0.1, -0.05) is 19.1 Å². The summed E-state index contributed by atoms with van der Waals surface area (Å²) in [6.45, 7) is 3.09. The molecular weight excluding hydrogens is 301 g/mol. The highest BCUT2D eigenvalue weighted by Gasteiger charge is 2.36. The third-order valence-electron chi connectivity index (χ3n) is 4.10. The molecule has 3 rings (SSSR count). The average Bonchev–Trinajstić information content (AvgIpc) is 3.13. The number of benzene rings is 1. The van der Waals surface area contributed by atoms with Crippen LogP contribution in [-0.2, 0) is 6.54 Å². The predicted molar refractivity (Wildman–Crippen MR) is 84.0 cm³/mol. The summed E-state index contributed by atoms with van der Waals surface area (Å²) in [5.41, 5.74) is 6.83. The van der Waals surface area contributed by atoms with E-state index in [4.69, 9.17) is 5.73 Å². The second-order valence-electron chi connectivity index (χ2n) is 5.59. The maximum atomic E-state index is 13.5. The van der Waals surface area contributed by atoms with Crippen LogP contribution in [0.25, 0.3) is 0 Å². The molecule has 0 saturated carbocycles. The molecule has 1 aromatic heterocycles. The Labute approximate surface area is 132 Å². The maximum Gasteiger partial charge on any atom is 0.273 e. The topological polar surface area (TPSA) is 59.2 Å². The van der Waals surface area contributed by atoms with E-state index >= 15 is 0 Å². The van der Waals surface area contributed by atoms with Gasteiger partial charge in [0.1, 0.15) is 16.5 Å². The summed E-state index contributed by atoms with van der Waals surface area (Å²) in [4.78, 5) is 18.8. The molecule has 4 nitrogen and oxygen atoms in total. The first-order valence-electron chi connectivity index (χ1n) is 7.31. The van der Waals surface area contributed by atoms with Gasteiger partial charge in [0.15, 0.2) is 0 Å². The fourth-order valence-corrected chi connectivity index (χ4v) is 3.67. The number of hydrogen-bond acceptors (Lipinski definition) is 4. The van der Waals surface area contributed by atoms with E-state index in [0.717, 1.165) is 17.0 Å². The van der Waals surface area contributed by atoms with Crippen LogP contribution >= 0.6 is 11.3 Å². The van der Waals surface area contributed by atoms with E-state index in [-0.39, 0.29) is 17.8 Å². The van der Waals surface area contributed by atoms with Crippen LogP contribution in [0.4, 0.5) is 4.39 Å². The second-order valence-corrected chi connectivity index (χ2v) is 6.54. The van der Waals surface area contributed by atoms with Crippen LogP contribution in [0.2, 0.25) is 0 Å². The molecule has 1 aliphatic heterocycles. The summed E-state index contributed by atoms with van der Waals surface area (Å²) in [6.07, 6.45) is 0.904. The molecule has 0 aliphatic carbocycles. The van der Waals surface area contributed by atoms with E-state index in [1.54, 1.807) is 16.3 Å². The van der Waals surface area contributed by atoms with Gasteiger partial charge in [-0.25, -0.2) is 9.37 Å². The Kier molecular flexibility index (Phi) is 4.22. The molecule has 2 heterocycles. The van der Waals surface area contributed by atoms with E-state index in [1.165, 1.54) is 23.5 Å². The molecule has 1 amide bonds. The van der Waals surface area contributed by atoms with Crippen molar-refractivity contribution in [3.05, 3.63) is 51.7 Å². The van der Waals surface area contributed by atoms with Crippen molar-refractivity contribution in [2.45, 2.75) is 25.9 Å². The lowest BCUT2D eigenvalue weighted by atomic mass is 9.95. The molecule has 2 N–H and O–H groups in total. The van der Waals surface area contributed by atoms with Gasteiger partial charge >= 0.3 is 0 Å².